The number of carboxylic acids is 3. The quantitative estimate of drug-likeness (QED) is 0.611. The fourth-order valence-electron chi connectivity index (χ4n) is 1.82. The summed E-state index contributed by atoms with van der Waals surface area (Å²) in [6.07, 6.45) is -0.383. The molecule has 0 bridgehead atoms. The van der Waals surface area contributed by atoms with Crippen LogP contribution in [-0.2, 0) is 16.0 Å². The Labute approximate surface area is 143 Å². The third-order valence-corrected chi connectivity index (χ3v) is 2.99. The molecule has 0 spiro atoms. The van der Waals surface area contributed by atoms with E-state index in [2.05, 4.69) is 4.98 Å². The van der Waals surface area contributed by atoms with E-state index in [0.717, 1.165) is 5.56 Å². The monoisotopic (exact) mass is 347 g/mol. The van der Waals surface area contributed by atoms with Crippen LogP contribution in [0.5, 0.6) is 0 Å². The number of aliphatic carboxylic acids is 2. The number of aromatic carboxylic acids is 1. The van der Waals surface area contributed by atoms with Gasteiger partial charge in [0, 0.05) is 12.6 Å². The third-order valence-electron chi connectivity index (χ3n) is 2.99. The highest BCUT2D eigenvalue weighted by molar-refractivity contribution is 5.88. The number of rotatable bonds is 6. The zero-order chi connectivity index (χ0) is 18.8. The van der Waals surface area contributed by atoms with Crippen LogP contribution in [0.3, 0.4) is 0 Å². The van der Waals surface area contributed by atoms with Gasteiger partial charge >= 0.3 is 17.9 Å². The largest absolute Gasteiger partial charge is 0.481 e. The molecule has 0 aliphatic carbocycles. The van der Waals surface area contributed by atoms with Gasteiger partial charge in [0.15, 0.2) is 6.10 Å². The van der Waals surface area contributed by atoms with Crippen LogP contribution < -0.4 is 0 Å². The number of nitrogens with zero attached hydrogens (tertiary/aromatic N) is 1. The molecule has 0 amide bonds. The molecule has 0 aliphatic rings. The molecule has 132 valence electrons. The minimum atomic E-state index is -1.79. The van der Waals surface area contributed by atoms with Crippen LogP contribution in [0.25, 0.3) is 0 Å². The Hall–Kier alpha value is -3.26. The molecule has 0 saturated heterocycles. The van der Waals surface area contributed by atoms with Crippen molar-refractivity contribution >= 4 is 17.9 Å². The van der Waals surface area contributed by atoms with E-state index in [4.69, 9.17) is 20.4 Å². The summed E-state index contributed by atoms with van der Waals surface area (Å²) in [5.41, 5.74) is 1.93. The Morgan fingerprint density at radius 1 is 0.960 bits per heavy atom. The Morgan fingerprint density at radius 2 is 1.60 bits per heavy atom. The number of aliphatic hydroxyl groups is 1. The normalized spacial score (nSPS) is 10.9. The second kappa shape index (κ2) is 9.78. The van der Waals surface area contributed by atoms with Gasteiger partial charge in [-0.3, -0.25) is 9.78 Å². The maximum atomic E-state index is 11.0. The predicted molar refractivity (Wildman–Crippen MR) is 86.3 cm³/mol. The number of pyridine rings is 1. The highest BCUT2D eigenvalue weighted by Crippen LogP contribution is 2.11. The molecule has 1 aromatic heterocycles. The molecule has 0 radical (unpaired) electrons. The summed E-state index contributed by atoms with van der Waals surface area (Å²) in [6.45, 7) is 0. The maximum Gasteiger partial charge on any atom is 0.337 e. The van der Waals surface area contributed by atoms with E-state index in [9.17, 15) is 14.4 Å². The smallest absolute Gasteiger partial charge is 0.337 e. The third kappa shape index (κ3) is 7.23. The van der Waals surface area contributed by atoms with E-state index in [-0.39, 0.29) is 5.56 Å². The van der Waals surface area contributed by atoms with Gasteiger partial charge in [0.2, 0.25) is 0 Å². The molecule has 8 heteroatoms. The van der Waals surface area contributed by atoms with Gasteiger partial charge in [-0.2, -0.15) is 0 Å². The molecule has 1 heterocycles. The van der Waals surface area contributed by atoms with Crippen LogP contribution in [-0.4, -0.2) is 49.4 Å². The molecule has 0 saturated carbocycles. The van der Waals surface area contributed by atoms with Gasteiger partial charge in [-0.25, -0.2) is 9.59 Å². The second-order valence-electron chi connectivity index (χ2n) is 4.92. The Bertz CT molecular complexity index is 731. The van der Waals surface area contributed by atoms with Crippen molar-refractivity contribution in [3.8, 4) is 0 Å². The number of benzene rings is 1. The summed E-state index contributed by atoms with van der Waals surface area (Å²) in [5.74, 6) is -3.78. The Balaban J connectivity index is 0.000000299. The lowest BCUT2D eigenvalue weighted by molar-refractivity contribution is -0.152. The molecule has 8 nitrogen and oxygen atoms in total. The van der Waals surface area contributed by atoms with Crippen LogP contribution in [0.2, 0.25) is 0 Å². The number of carboxylic acid groups (broad SMARTS) is 3. The first-order valence-electron chi connectivity index (χ1n) is 7.15. The Kier molecular flexibility index (Phi) is 7.74. The first-order chi connectivity index (χ1) is 11.8. The molecule has 0 aliphatic heterocycles. The fraction of sp³-hybridized carbons (Fsp3) is 0.176. The lowest BCUT2D eigenvalue weighted by Gasteiger charge is -2.04. The van der Waals surface area contributed by atoms with E-state index in [1.807, 2.05) is 30.3 Å². The highest BCUT2D eigenvalue weighted by atomic mass is 16.4. The van der Waals surface area contributed by atoms with Crippen molar-refractivity contribution in [2.45, 2.75) is 18.9 Å². The lowest BCUT2D eigenvalue weighted by Crippen LogP contribution is -2.22. The molecule has 1 unspecified atom stereocenters. The molecule has 2 rings (SSSR count). The molecule has 0 fully saturated rings. The van der Waals surface area contributed by atoms with Crippen LogP contribution in [0.15, 0.2) is 48.7 Å². The van der Waals surface area contributed by atoms with Gasteiger partial charge in [0.1, 0.15) is 0 Å². The average molecular weight is 347 g/mol. The summed E-state index contributed by atoms with van der Waals surface area (Å²) in [4.78, 5) is 34.5. The van der Waals surface area contributed by atoms with E-state index >= 15 is 0 Å². The van der Waals surface area contributed by atoms with E-state index < -0.39 is 30.4 Å². The number of hydrogen-bond donors (Lipinski definition) is 4. The van der Waals surface area contributed by atoms with Crippen molar-refractivity contribution in [1.29, 1.82) is 0 Å². The first-order valence-corrected chi connectivity index (χ1v) is 7.15. The highest BCUT2D eigenvalue weighted by Gasteiger charge is 2.16. The maximum absolute atomic E-state index is 11.0. The van der Waals surface area contributed by atoms with Gasteiger partial charge in [-0.1, -0.05) is 30.3 Å². The van der Waals surface area contributed by atoms with Gasteiger partial charge in [0.25, 0.3) is 0 Å². The van der Waals surface area contributed by atoms with Gasteiger partial charge < -0.3 is 20.4 Å². The fourth-order valence-corrected chi connectivity index (χ4v) is 1.82. The van der Waals surface area contributed by atoms with E-state index in [1.165, 1.54) is 0 Å². The number of aliphatic hydroxyl groups excluding tert-OH is 1. The number of carbonyl (C=O) groups is 3. The molecule has 25 heavy (non-hydrogen) atoms. The van der Waals surface area contributed by atoms with Crippen molar-refractivity contribution in [3.05, 3.63) is 65.5 Å². The summed E-state index contributed by atoms with van der Waals surface area (Å²) in [5, 5.41) is 33.1. The second-order valence-corrected chi connectivity index (χ2v) is 4.92. The molecule has 4 N–H and O–H groups in total. The average Bonchev–Trinajstić information content (AvgIpc) is 2.56. The summed E-state index contributed by atoms with van der Waals surface area (Å²) in [6, 6.07) is 12.9. The number of aromatic nitrogens is 1. The minimum absolute atomic E-state index is 0.270. The zero-order valence-corrected chi connectivity index (χ0v) is 13.1. The SMILES string of the molecule is O=C(O)CC(O)C(=O)O.O=C(O)c1cccnc1Cc1ccccc1. The summed E-state index contributed by atoms with van der Waals surface area (Å²) in [7, 11) is 0. The van der Waals surface area contributed by atoms with Crippen molar-refractivity contribution in [1.82, 2.24) is 4.98 Å². The number of hydrogen-bond acceptors (Lipinski definition) is 5. The molecule has 2 aromatic rings. The van der Waals surface area contributed by atoms with Gasteiger partial charge in [-0.05, 0) is 17.7 Å². The first kappa shape index (κ1) is 19.8. The predicted octanol–water partition coefficient (Wildman–Crippen LogP) is 1.28. The molecular formula is C17H17NO7. The summed E-state index contributed by atoms with van der Waals surface area (Å²) >= 11 is 0. The Morgan fingerprint density at radius 3 is 2.08 bits per heavy atom. The molecule has 1 aromatic carbocycles. The van der Waals surface area contributed by atoms with E-state index in [0.29, 0.717) is 12.1 Å². The lowest BCUT2D eigenvalue weighted by atomic mass is 10.1. The standard InChI is InChI=1S/C13H11NO2.C4H6O5/c15-13(16)11-7-4-8-14-12(11)9-10-5-2-1-3-6-10;5-2(4(8)9)1-3(6)7/h1-8H,9H2,(H,15,16);2,5H,1H2,(H,6,7)(H,8,9). The van der Waals surface area contributed by atoms with Crippen LogP contribution >= 0.6 is 0 Å². The summed E-state index contributed by atoms with van der Waals surface area (Å²) < 4.78 is 0. The van der Waals surface area contributed by atoms with Crippen LogP contribution in [0, 0.1) is 0 Å². The van der Waals surface area contributed by atoms with Gasteiger partial charge in [-0.15, -0.1) is 0 Å². The van der Waals surface area contributed by atoms with E-state index in [1.54, 1.807) is 18.3 Å². The van der Waals surface area contributed by atoms with Crippen molar-refractivity contribution < 1.29 is 34.8 Å². The topological polar surface area (TPSA) is 145 Å². The van der Waals surface area contributed by atoms with Crippen LogP contribution in [0.4, 0.5) is 0 Å². The minimum Gasteiger partial charge on any atom is -0.481 e. The van der Waals surface area contributed by atoms with Crippen molar-refractivity contribution in [2.24, 2.45) is 0 Å². The molecular weight excluding hydrogens is 330 g/mol. The van der Waals surface area contributed by atoms with Crippen molar-refractivity contribution in [3.63, 3.8) is 0 Å². The van der Waals surface area contributed by atoms with Gasteiger partial charge in [0.05, 0.1) is 17.7 Å². The zero-order valence-electron chi connectivity index (χ0n) is 13.1. The van der Waals surface area contributed by atoms with Crippen molar-refractivity contribution in [2.75, 3.05) is 0 Å². The van der Waals surface area contributed by atoms with Crippen LogP contribution in [0.1, 0.15) is 28.0 Å². The molecule has 1 atom stereocenters.